The molecule has 8 aromatic carbocycles. The number of benzene rings is 8. The van der Waals surface area contributed by atoms with E-state index in [4.69, 9.17) is 9.72 Å². The fraction of sp³-hybridized carbons (Fsp3) is 0.143. The monoisotopic (exact) mass is 1070 g/mol. The van der Waals surface area contributed by atoms with E-state index in [0.29, 0.717) is 29.3 Å². The maximum Gasteiger partial charge on any atom is 0.268 e. The maximum absolute atomic E-state index is 6.74. The number of pyridine rings is 1. The second-order valence-electron chi connectivity index (χ2n) is 18.9. The molecule has 6 heteroatoms. The van der Waals surface area contributed by atoms with Crippen LogP contribution in [-0.2, 0) is 21.1 Å². The van der Waals surface area contributed by atoms with Crippen LogP contribution in [0.25, 0.3) is 94.5 Å². The van der Waals surface area contributed by atoms with Gasteiger partial charge in [0, 0.05) is 44.3 Å². The molecule has 0 spiro atoms. The molecule has 69 heavy (non-hydrogen) atoms. The predicted octanol–water partition coefficient (Wildman–Crippen LogP) is 15.9. The number of imidazole rings is 1. The van der Waals surface area contributed by atoms with Crippen LogP contribution < -0.4 is 9.30 Å². The average molecular weight is 1070 g/mol. The van der Waals surface area contributed by atoms with Crippen LogP contribution in [-0.4, -0.2) is 14.1 Å². The number of para-hydroxylation sites is 3. The Bertz CT molecular complexity index is 3750. The molecule has 4 heterocycles. The number of hydrogen-bond donors (Lipinski definition) is 0. The molecule has 0 aliphatic carbocycles. The van der Waals surface area contributed by atoms with E-state index in [1.165, 1.54) is 50.1 Å². The number of nitrogens with zero attached hydrogens (tertiary/aromatic N) is 4. The van der Waals surface area contributed by atoms with Crippen LogP contribution in [0.5, 0.6) is 11.5 Å². The van der Waals surface area contributed by atoms with Gasteiger partial charge in [0.15, 0.2) is 0 Å². The second-order valence-corrected chi connectivity index (χ2v) is 18.9. The van der Waals surface area contributed by atoms with Crippen molar-refractivity contribution in [2.45, 2.75) is 59.3 Å². The van der Waals surface area contributed by atoms with Gasteiger partial charge in [-0.05, 0) is 114 Å². The van der Waals surface area contributed by atoms with Crippen LogP contribution in [0.3, 0.4) is 0 Å². The molecule has 0 saturated heterocycles. The molecule has 340 valence electrons. The number of aromatic nitrogens is 4. The molecule has 0 saturated carbocycles. The van der Waals surface area contributed by atoms with Crippen molar-refractivity contribution < 1.29 is 30.4 Å². The number of rotatable bonds is 8. The average Bonchev–Trinajstić information content (AvgIpc) is 3.93. The van der Waals surface area contributed by atoms with Crippen molar-refractivity contribution in [3.63, 3.8) is 0 Å². The summed E-state index contributed by atoms with van der Waals surface area (Å²) >= 11 is 0. The van der Waals surface area contributed by atoms with Crippen LogP contribution in [0.4, 0.5) is 0 Å². The number of hydrogen-bond acceptors (Lipinski definition) is 2. The van der Waals surface area contributed by atoms with E-state index in [0.717, 1.165) is 61.2 Å². The molecule has 12 rings (SSSR count). The first kappa shape index (κ1) is 44.2. The fourth-order valence-corrected chi connectivity index (χ4v) is 10.4. The molecule has 0 bridgehead atoms. The Labute approximate surface area is 418 Å². The Kier molecular flexibility index (Phi) is 11.3. The first-order valence-corrected chi connectivity index (χ1v) is 23.8. The van der Waals surface area contributed by atoms with Gasteiger partial charge in [-0.1, -0.05) is 162 Å². The minimum atomic E-state index is 0. The Morgan fingerprint density at radius 2 is 1.12 bits per heavy atom. The molecule has 5 nitrogen and oxygen atoms in total. The maximum atomic E-state index is 6.74. The minimum Gasteiger partial charge on any atom is -0.510 e. The van der Waals surface area contributed by atoms with Gasteiger partial charge < -0.3 is 13.9 Å². The molecule has 1 aliphatic rings. The minimum absolute atomic E-state index is 0. The van der Waals surface area contributed by atoms with Crippen LogP contribution in [0.15, 0.2) is 176 Å². The van der Waals surface area contributed by atoms with Crippen molar-refractivity contribution in [3.8, 4) is 73.2 Å². The van der Waals surface area contributed by atoms with Gasteiger partial charge in [0.05, 0.1) is 16.7 Å². The molecule has 0 radical (unpaired) electrons. The summed E-state index contributed by atoms with van der Waals surface area (Å²) in [4.78, 5) is 5.05. The van der Waals surface area contributed by atoms with E-state index in [9.17, 15) is 0 Å². The zero-order chi connectivity index (χ0) is 46.2. The molecule has 0 unspecified atom stereocenters. The number of fused-ring (bicyclic) bond motifs is 10. The van der Waals surface area contributed by atoms with Gasteiger partial charge in [-0.25, -0.2) is 4.98 Å². The summed E-state index contributed by atoms with van der Waals surface area (Å²) in [6.07, 6.45) is 5.74. The Morgan fingerprint density at radius 3 is 1.83 bits per heavy atom. The van der Waals surface area contributed by atoms with E-state index in [-0.39, 0.29) is 21.1 Å². The predicted molar refractivity (Wildman–Crippen MR) is 278 cm³/mol. The van der Waals surface area contributed by atoms with E-state index in [1.807, 2.05) is 24.4 Å². The van der Waals surface area contributed by atoms with Crippen LogP contribution >= 0.6 is 0 Å². The van der Waals surface area contributed by atoms with Crippen molar-refractivity contribution in [2.75, 3.05) is 0 Å². The molecular weight excluding hydrogens is 1020 g/mol. The quantitative estimate of drug-likeness (QED) is 0.112. The van der Waals surface area contributed by atoms with E-state index < -0.39 is 0 Å². The third-order valence-electron chi connectivity index (χ3n) is 13.7. The summed E-state index contributed by atoms with van der Waals surface area (Å²) in [5.41, 5.74) is 19.5. The molecule has 0 fully saturated rings. The molecule has 0 amide bonds. The van der Waals surface area contributed by atoms with Crippen molar-refractivity contribution in [2.24, 2.45) is 0 Å². The normalized spacial score (nSPS) is 11.9. The van der Waals surface area contributed by atoms with E-state index >= 15 is 0 Å². The molecule has 1 aliphatic heterocycles. The smallest absolute Gasteiger partial charge is 0.268 e. The van der Waals surface area contributed by atoms with E-state index in [1.54, 1.807) is 0 Å². The van der Waals surface area contributed by atoms with Gasteiger partial charge in [-0.15, -0.1) is 29.7 Å². The topological polar surface area (TPSA) is 35.9 Å². The Hall–Kier alpha value is -7.33. The van der Waals surface area contributed by atoms with Crippen molar-refractivity contribution >= 4 is 32.8 Å². The largest absolute Gasteiger partial charge is 0.510 e. The third kappa shape index (κ3) is 7.43. The summed E-state index contributed by atoms with van der Waals surface area (Å²) in [6.45, 7) is 13.8. The fourth-order valence-electron chi connectivity index (χ4n) is 10.4. The summed E-state index contributed by atoms with van der Waals surface area (Å²) in [5, 5.41) is 2.21. The summed E-state index contributed by atoms with van der Waals surface area (Å²) in [7, 11) is 0. The molecule has 0 atom stereocenters. The van der Waals surface area contributed by atoms with Gasteiger partial charge in [-0.2, -0.15) is 18.2 Å². The Morgan fingerprint density at radius 1 is 0.522 bits per heavy atom. The summed E-state index contributed by atoms with van der Waals surface area (Å²) < 4.78 is 13.3. The van der Waals surface area contributed by atoms with E-state index in [2.05, 4.69) is 225 Å². The SMILES string of the molecule is CC(C)c1cc(C(C)C)c(-c2ccnc(-n3c4[c-]c(Oc5[c-]c(-n6[c-][n+]7c8c(cccc86)-c6ccccc6-c6ccccc6-c6ccccc6-7)ccc5)ccc4c4ccccc43)c2)c(C(C)C)c1.[Pt]. The standard InChI is InChI=1S/C63H50N4O.Pt/c1-39(2)43-33-55(40(3)4)62(56(34-43)41(5)6)42-31-32-64-61(35-42)67-58-27-14-12-24-52(58)53-30-29-46(37-60(53)67)68-45-18-15-17-44(36-45)65-38-66-57-26-13-11-23-51(57)49-21-9-7-19-47(49)48-20-8-10-22-50(48)54-25-16-28-59(65)63(54)66;/h7-35,39-41H,1-6H3;/q-2;. The zero-order valence-electron chi connectivity index (χ0n) is 39.5. The van der Waals surface area contributed by atoms with Crippen molar-refractivity contribution in [1.82, 2.24) is 14.1 Å². The third-order valence-corrected chi connectivity index (χ3v) is 13.7. The van der Waals surface area contributed by atoms with Crippen molar-refractivity contribution in [3.05, 3.63) is 211 Å². The van der Waals surface area contributed by atoms with Crippen LogP contribution in [0.1, 0.15) is 76.0 Å². The zero-order valence-corrected chi connectivity index (χ0v) is 41.8. The van der Waals surface area contributed by atoms with Crippen LogP contribution in [0, 0.1) is 18.5 Å². The van der Waals surface area contributed by atoms with Gasteiger partial charge >= 0.3 is 0 Å². The molecule has 3 aromatic heterocycles. The molecule has 11 aromatic rings. The Balaban J connectivity index is 0.00000520. The van der Waals surface area contributed by atoms with Crippen LogP contribution in [0.2, 0.25) is 0 Å². The van der Waals surface area contributed by atoms with Gasteiger partial charge in [0.25, 0.3) is 6.33 Å². The first-order chi connectivity index (χ1) is 33.2. The van der Waals surface area contributed by atoms with Gasteiger partial charge in [0.2, 0.25) is 0 Å². The molecular formula is C63H50N4OPt-2. The van der Waals surface area contributed by atoms with Crippen molar-refractivity contribution in [1.29, 1.82) is 0 Å². The second kappa shape index (κ2) is 17.6. The number of ether oxygens (including phenoxy) is 1. The van der Waals surface area contributed by atoms with Gasteiger partial charge in [-0.3, -0.25) is 4.57 Å². The first-order valence-electron chi connectivity index (χ1n) is 23.8. The summed E-state index contributed by atoms with van der Waals surface area (Å²) in [6, 6.07) is 67.9. The molecule has 0 N–H and O–H groups in total. The van der Waals surface area contributed by atoms with Gasteiger partial charge in [0.1, 0.15) is 5.82 Å². The summed E-state index contributed by atoms with van der Waals surface area (Å²) in [5.74, 6) is 3.15.